The summed E-state index contributed by atoms with van der Waals surface area (Å²) in [5.74, 6) is 0. The minimum Gasteiger partial charge on any atom is -0.0622 e. The number of hydrogen-bond donors (Lipinski definition) is 0. The molecule has 0 fully saturated rings. The van der Waals surface area contributed by atoms with E-state index in [1.54, 1.807) is 0 Å². The van der Waals surface area contributed by atoms with Crippen molar-refractivity contribution in [1.29, 1.82) is 0 Å². The lowest BCUT2D eigenvalue weighted by Gasteiger charge is -2.24. The average molecular weight is 573 g/mol. The largest absolute Gasteiger partial charge is 0.0622 e. The summed E-state index contributed by atoms with van der Waals surface area (Å²) in [5.41, 5.74) is 13.1. The predicted molar refractivity (Wildman–Crippen MR) is 193 cm³/mol. The quantitative estimate of drug-likeness (QED) is 0.185. The maximum atomic E-state index is 2.48. The fourth-order valence-corrected chi connectivity index (χ4v) is 7.97. The molecule has 1 aliphatic rings. The van der Waals surface area contributed by atoms with Crippen LogP contribution >= 0.6 is 0 Å². The van der Waals surface area contributed by atoms with E-state index < -0.39 is 0 Å². The topological polar surface area (TPSA) is 0 Å². The highest BCUT2D eigenvalue weighted by Crippen LogP contribution is 2.53. The highest BCUT2D eigenvalue weighted by molar-refractivity contribution is 6.21. The lowest BCUT2D eigenvalue weighted by Crippen LogP contribution is -2.15. The van der Waals surface area contributed by atoms with Crippen molar-refractivity contribution < 1.29 is 0 Å². The molecule has 45 heavy (non-hydrogen) atoms. The average Bonchev–Trinajstić information content (AvgIpc) is 3.33. The van der Waals surface area contributed by atoms with Gasteiger partial charge in [-0.3, -0.25) is 0 Å². The highest BCUT2D eigenvalue weighted by atomic mass is 14.4. The lowest BCUT2D eigenvalue weighted by atomic mass is 9.79. The zero-order valence-corrected chi connectivity index (χ0v) is 25.5. The molecule has 0 radical (unpaired) electrons. The van der Waals surface area contributed by atoms with Gasteiger partial charge in [-0.2, -0.15) is 0 Å². The lowest BCUT2D eigenvalue weighted by molar-refractivity contribution is 0.666. The summed E-state index contributed by atoms with van der Waals surface area (Å²) in [5, 5.41) is 7.81. The third-order valence-electron chi connectivity index (χ3n) is 10.0. The van der Waals surface area contributed by atoms with E-state index in [9.17, 15) is 0 Å². The molecule has 0 spiro atoms. The smallest absolute Gasteiger partial charge is 0.0165 e. The van der Waals surface area contributed by atoms with Gasteiger partial charge >= 0.3 is 0 Å². The molecule has 0 atom stereocenters. The Hall–Kier alpha value is -5.46. The van der Waals surface area contributed by atoms with Crippen molar-refractivity contribution in [2.24, 2.45) is 0 Å². The Labute approximate surface area is 264 Å². The molecule has 1 aliphatic carbocycles. The fourth-order valence-electron chi connectivity index (χ4n) is 7.97. The van der Waals surface area contributed by atoms with E-state index in [0.29, 0.717) is 0 Å². The van der Waals surface area contributed by atoms with E-state index in [-0.39, 0.29) is 5.41 Å². The van der Waals surface area contributed by atoms with Crippen LogP contribution in [0.2, 0.25) is 0 Å². The Balaban J connectivity index is 1.26. The Morgan fingerprint density at radius 1 is 0.356 bits per heavy atom. The van der Waals surface area contributed by atoms with Gasteiger partial charge in [0.2, 0.25) is 0 Å². The van der Waals surface area contributed by atoms with Crippen LogP contribution in [0.5, 0.6) is 0 Å². The second-order valence-corrected chi connectivity index (χ2v) is 12.9. The summed E-state index contributed by atoms with van der Waals surface area (Å²) in [7, 11) is 0. The van der Waals surface area contributed by atoms with Gasteiger partial charge in [-0.25, -0.2) is 0 Å². The summed E-state index contributed by atoms with van der Waals surface area (Å²) in [6.45, 7) is 4.79. The van der Waals surface area contributed by atoms with E-state index in [1.807, 2.05) is 0 Å². The van der Waals surface area contributed by atoms with E-state index >= 15 is 0 Å². The zero-order chi connectivity index (χ0) is 30.1. The van der Waals surface area contributed by atoms with Crippen LogP contribution in [0.1, 0.15) is 25.0 Å². The molecule has 8 aromatic rings. The first kappa shape index (κ1) is 26.0. The number of fused-ring (bicyclic) bond motifs is 7. The van der Waals surface area contributed by atoms with Crippen molar-refractivity contribution in [1.82, 2.24) is 0 Å². The van der Waals surface area contributed by atoms with Crippen LogP contribution in [0.25, 0.3) is 76.8 Å². The van der Waals surface area contributed by atoms with Crippen LogP contribution in [0.15, 0.2) is 158 Å². The Bertz CT molecular complexity index is 2370. The third-order valence-corrected chi connectivity index (χ3v) is 10.0. The predicted octanol–water partition coefficient (Wildman–Crippen LogP) is 12.5. The molecule has 0 N–H and O–H groups in total. The normalized spacial score (nSPS) is 13.3. The standard InChI is InChI=1S/C45H32/c1-45(2)41-28-33(25-26-35(41)40-27-24-31-14-6-7-15-34(31)44(40)45)43-38-18-10-8-16-36(38)42(37-17-9-11-19-39(37)43)32-22-20-30(21-23-32)29-12-4-3-5-13-29/h3-28H,1-2H3. The first-order valence-corrected chi connectivity index (χ1v) is 15.9. The second-order valence-electron chi connectivity index (χ2n) is 12.9. The maximum absolute atomic E-state index is 2.48. The van der Waals surface area contributed by atoms with Crippen LogP contribution in [0.3, 0.4) is 0 Å². The Morgan fingerprint density at radius 2 is 0.822 bits per heavy atom. The summed E-state index contributed by atoms with van der Waals surface area (Å²) in [6.07, 6.45) is 0. The van der Waals surface area contributed by atoms with Crippen molar-refractivity contribution in [3.63, 3.8) is 0 Å². The molecule has 0 bridgehead atoms. The van der Waals surface area contributed by atoms with E-state index in [2.05, 4.69) is 172 Å². The molecule has 0 aliphatic heterocycles. The minimum atomic E-state index is -0.104. The molecule has 0 aromatic heterocycles. The molecule has 0 nitrogen and oxygen atoms in total. The van der Waals surface area contributed by atoms with Gasteiger partial charge in [-0.05, 0) is 94.0 Å². The summed E-state index contributed by atoms with van der Waals surface area (Å²) >= 11 is 0. The molecule has 212 valence electrons. The van der Waals surface area contributed by atoms with Crippen LogP contribution in [-0.2, 0) is 5.41 Å². The monoisotopic (exact) mass is 572 g/mol. The van der Waals surface area contributed by atoms with Crippen LogP contribution < -0.4 is 0 Å². The molecule has 0 heteroatoms. The van der Waals surface area contributed by atoms with Crippen molar-refractivity contribution in [2.45, 2.75) is 19.3 Å². The first-order valence-electron chi connectivity index (χ1n) is 15.9. The van der Waals surface area contributed by atoms with Crippen molar-refractivity contribution in [3.8, 4) is 44.5 Å². The second kappa shape index (κ2) is 9.78. The molecular formula is C45H32. The van der Waals surface area contributed by atoms with Crippen molar-refractivity contribution in [3.05, 3.63) is 169 Å². The summed E-state index contributed by atoms with van der Waals surface area (Å²) in [4.78, 5) is 0. The highest BCUT2D eigenvalue weighted by Gasteiger charge is 2.37. The molecule has 9 rings (SSSR count). The SMILES string of the molecule is CC1(C)c2cc(-c3c4ccccc4c(-c4ccc(-c5ccccc5)cc4)c4ccccc34)ccc2-c2ccc3ccccc3c21. The number of hydrogen-bond acceptors (Lipinski definition) is 0. The van der Waals surface area contributed by atoms with Gasteiger partial charge in [0.25, 0.3) is 0 Å². The van der Waals surface area contributed by atoms with Gasteiger partial charge in [0.1, 0.15) is 0 Å². The summed E-state index contributed by atoms with van der Waals surface area (Å²) < 4.78 is 0. The van der Waals surface area contributed by atoms with Gasteiger partial charge in [0.05, 0.1) is 0 Å². The molecule has 0 heterocycles. The van der Waals surface area contributed by atoms with Gasteiger partial charge in [-0.1, -0.05) is 166 Å². The minimum absolute atomic E-state index is 0.104. The number of benzene rings is 8. The van der Waals surface area contributed by atoms with Crippen molar-refractivity contribution >= 4 is 32.3 Å². The van der Waals surface area contributed by atoms with Crippen molar-refractivity contribution in [2.75, 3.05) is 0 Å². The van der Waals surface area contributed by atoms with Crippen LogP contribution in [0.4, 0.5) is 0 Å². The molecule has 0 saturated carbocycles. The fraction of sp³-hybridized carbons (Fsp3) is 0.0667. The van der Waals surface area contributed by atoms with Gasteiger partial charge in [0, 0.05) is 5.41 Å². The molecule has 0 saturated heterocycles. The Kier molecular flexibility index (Phi) is 5.64. The maximum Gasteiger partial charge on any atom is 0.0165 e. The van der Waals surface area contributed by atoms with E-state index in [4.69, 9.17) is 0 Å². The van der Waals surface area contributed by atoms with Gasteiger partial charge < -0.3 is 0 Å². The zero-order valence-electron chi connectivity index (χ0n) is 25.5. The van der Waals surface area contributed by atoms with Gasteiger partial charge in [-0.15, -0.1) is 0 Å². The van der Waals surface area contributed by atoms with Crippen LogP contribution in [-0.4, -0.2) is 0 Å². The first-order chi connectivity index (χ1) is 22.1. The summed E-state index contributed by atoms with van der Waals surface area (Å²) in [6, 6.07) is 58.3. The van der Waals surface area contributed by atoms with Gasteiger partial charge in [0.15, 0.2) is 0 Å². The number of rotatable bonds is 3. The molecule has 0 unspecified atom stereocenters. The molecular weight excluding hydrogens is 540 g/mol. The van der Waals surface area contributed by atoms with Crippen LogP contribution in [0, 0.1) is 0 Å². The third kappa shape index (κ3) is 3.85. The molecule has 8 aromatic carbocycles. The molecule has 0 amide bonds. The van der Waals surface area contributed by atoms with E-state index in [0.717, 1.165) is 0 Å². The van der Waals surface area contributed by atoms with E-state index in [1.165, 1.54) is 88.0 Å². The Morgan fingerprint density at radius 3 is 1.47 bits per heavy atom.